The topological polar surface area (TPSA) is 84.0 Å². The normalized spacial score (nSPS) is 10.3. The van der Waals surface area contributed by atoms with Gasteiger partial charge in [0.15, 0.2) is 0 Å². The molecule has 0 aliphatic rings. The van der Waals surface area contributed by atoms with Crippen molar-refractivity contribution in [2.75, 3.05) is 5.32 Å². The number of carbonyl (C=O) groups excluding carboxylic acids is 1. The minimum absolute atomic E-state index is 0.326. The molecule has 8 heteroatoms. The third kappa shape index (κ3) is 3.16. The Kier molecular flexibility index (Phi) is 3.74. The van der Waals surface area contributed by atoms with Gasteiger partial charge in [0, 0.05) is 18.3 Å². The van der Waals surface area contributed by atoms with Gasteiger partial charge in [0.1, 0.15) is 18.2 Å². The average Bonchev–Trinajstić information content (AvgIpc) is 2.37. The van der Waals surface area contributed by atoms with Crippen molar-refractivity contribution in [1.29, 1.82) is 0 Å². The predicted molar refractivity (Wildman–Crippen MR) is 66.3 cm³/mol. The molecule has 1 heterocycles. The first-order valence-corrected chi connectivity index (χ1v) is 5.50. The minimum atomic E-state index is -0.798. The summed E-state index contributed by atoms with van der Waals surface area (Å²) in [5, 5.41) is 2.14. The van der Waals surface area contributed by atoms with Crippen LogP contribution in [0, 0.1) is 11.6 Å². The molecule has 0 aliphatic heterocycles. The summed E-state index contributed by atoms with van der Waals surface area (Å²) in [6, 6.07) is 3.68. The van der Waals surface area contributed by atoms with Crippen molar-refractivity contribution in [3.8, 4) is 0 Å². The van der Waals surface area contributed by atoms with E-state index in [9.17, 15) is 23.2 Å². The molecule has 0 radical (unpaired) electrons. The molecule has 0 saturated carbocycles. The third-order valence-electron chi connectivity index (χ3n) is 2.41. The lowest BCUT2D eigenvalue weighted by atomic mass is 10.3. The second-order valence-corrected chi connectivity index (χ2v) is 3.91. The van der Waals surface area contributed by atoms with Gasteiger partial charge < -0.3 is 5.32 Å². The van der Waals surface area contributed by atoms with Crippen LogP contribution in [0.1, 0.15) is 0 Å². The zero-order valence-corrected chi connectivity index (χ0v) is 10.0. The summed E-state index contributed by atoms with van der Waals surface area (Å²) in [6.07, 6.45) is 1.13. The number of hydrogen-bond donors (Lipinski definition) is 2. The highest BCUT2D eigenvalue weighted by atomic mass is 19.1. The quantitative estimate of drug-likeness (QED) is 0.857. The molecule has 2 N–H and O–H groups in total. The molecule has 1 aromatic carbocycles. The van der Waals surface area contributed by atoms with E-state index < -0.39 is 35.3 Å². The van der Waals surface area contributed by atoms with Crippen molar-refractivity contribution in [2.45, 2.75) is 6.54 Å². The van der Waals surface area contributed by atoms with Crippen molar-refractivity contribution < 1.29 is 13.6 Å². The SMILES string of the molecule is O=C(Cn1ccc(=O)[nH]c1=O)Nc1cc(F)ccc1F. The molecule has 0 bridgehead atoms. The largest absolute Gasteiger partial charge is 0.328 e. The van der Waals surface area contributed by atoms with Crippen molar-refractivity contribution in [1.82, 2.24) is 9.55 Å². The Morgan fingerprint density at radius 2 is 2.00 bits per heavy atom. The maximum Gasteiger partial charge on any atom is 0.328 e. The zero-order valence-electron chi connectivity index (χ0n) is 10.0. The number of nitrogens with one attached hydrogen (secondary N) is 2. The molecule has 6 nitrogen and oxygen atoms in total. The highest BCUT2D eigenvalue weighted by molar-refractivity contribution is 5.90. The highest BCUT2D eigenvalue weighted by Crippen LogP contribution is 2.14. The Balaban J connectivity index is 2.15. The van der Waals surface area contributed by atoms with E-state index in [1.54, 1.807) is 0 Å². The smallest absolute Gasteiger partial charge is 0.322 e. The van der Waals surface area contributed by atoms with E-state index in [4.69, 9.17) is 0 Å². The lowest BCUT2D eigenvalue weighted by molar-refractivity contribution is -0.116. The highest BCUT2D eigenvalue weighted by Gasteiger charge is 2.09. The molecule has 2 aromatic rings. The van der Waals surface area contributed by atoms with Crippen LogP contribution in [0.2, 0.25) is 0 Å². The molecular formula is C12H9F2N3O3. The van der Waals surface area contributed by atoms with Gasteiger partial charge in [0.25, 0.3) is 5.56 Å². The molecule has 20 heavy (non-hydrogen) atoms. The van der Waals surface area contributed by atoms with Gasteiger partial charge in [-0.05, 0) is 12.1 Å². The number of carbonyl (C=O) groups is 1. The number of amides is 1. The van der Waals surface area contributed by atoms with Crippen molar-refractivity contribution in [3.63, 3.8) is 0 Å². The number of rotatable bonds is 3. The van der Waals surface area contributed by atoms with E-state index in [0.29, 0.717) is 0 Å². The number of nitrogens with zero attached hydrogens (tertiary/aromatic N) is 1. The fourth-order valence-electron chi connectivity index (χ4n) is 1.51. The minimum Gasteiger partial charge on any atom is -0.322 e. The van der Waals surface area contributed by atoms with E-state index in [2.05, 4.69) is 5.32 Å². The molecule has 0 unspecified atom stereocenters. The van der Waals surface area contributed by atoms with Gasteiger partial charge in [-0.1, -0.05) is 0 Å². The molecule has 1 aromatic heterocycles. The van der Waals surface area contributed by atoms with Crippen LogP contribution in [-0.2, 0) is 11.3 Å². The Labute approximate surface area is 110 Å². The predicted octanol–water partition coefficient (Wildman–Crippen LogP) is 0.453. The number of H-pyrrole nitrogens is 1. The first-order valence-electron chi connectivity index (χ1n) is 5.50. The maximum absolute atomic E-state index is 13.3. The average molecular weight is 281 g/mol. The summed E-state index contributed by atoms with van der Waals surface area (Å²) in [4.78, 5) is 35.8. The molecule has 0 fully saturated rings. The summed E-state index contributed by atoms with van der Waals surface area (Å²) < 4.78 is 27.1. The van der Waals surface area contributed by atoms with Gasteiger partial charge in [-0.3, -0.25) is 19.1 Å². The first-order chi connectivity index (χ1) is 9.45. The maximum atomic E-state index is 13.3. The number of hydrogen-bond acceptors (Lipinski definition) is 3. The summed E-state index contributed by atoms with van der Waals surface area (Å²) in [6.45, 7) is -0.439. The standard InChI is InChI=1S/C12H9F2N3O3/c13-7-1-2-8(14)9(5-7)15-11(19)6-17-4-3-10(18)16-12(17)20/h1-5H,6H2,(H,15,19)(H,16,18,20). The molecule has 0 aliphatic carbocycles. The number of aromatic nitrogens is 2. The van der Waals surface area contributed by atoms with E-state index in [0.717, 1.165) is 35.0 Å². The molecular weight excluding hydrogens is 272 g/mol. The fraction of sp³-hybridized carbons (Fsp3) is 0.0833. The van der Waals surface area contributed by atoms with E-state index >= 15 is 0 Å². The van der Waals surface area contributed by atoms with Crippen LogP contribution in [0.3, 0.4) is 0 Å². The zero-order chi connectivity index (χ0) is 14.7. The van der Waals surface area contributed by atoms with E-state index in [1.807, 2.05) is 4.98 Å². The number of benzene rings is 1. The fourth-order valence-corrected chi connectivity index (χ4v) is 1.51. The number of halogens is 2. The summed E-state index contributed by atoms with van der Waals surface area (Å²) in [7, 11) is 0. The summed E-state index contributed by atoms with van der Waals surface area (Å²) in [5.41, 5.74) is -1.69. The lowest BCUT2D eigenvalue weighted by Gasteiger charge is -2.07. The Hall–Kier alpha value is -2.77. The van der Waals surface area contributed by atoms with Gasteiger partial charge >= 0.3 is 5.69 Å². The van der Waals surface area contributed by atoms with Crippen LogP contribution < -0.4 is 16.6 Å². The lowest BCUT2D eigenvalue weighted by Crippen LogP contribution is -2.32. The number of anilines is 1. The Morgan fingerprint density at radius 1 is 1.25 bits per heavy atom. The molecule has 104 valence electrons. The second-order valence-electron chi connectivity index (χ2n) is 3.91. The van der Waals surface area contributed by atoms with E-state index in [-0.39, 0.29) is 5.69 Å². The van der Waals surface area contributed by atoms with Crippen molar-refractivity contribution >= 4 is 11.6 Å². The van der Waals surface area contributed by atoms with Crippen LogP contribution >= 0.6 is 0 Å². The van der Waals surface area contributed by atoms with Crippen molar-refractivity contribution in [3.05, 3.63) is 62.9 Å². The third-order valence-corrected chi connectivity index (χ3v) is 2.41. The Bertz CT molecular complexity index is 767. The van der Waals surface area contributed by atoms with Gasteiger partial charge in [-0.2, -0.15) is 0 Å². The molecule has 0 spiro atoms. The second kappa shape index (κ2) is 5.47. The van der Waals surface area contributed by atoms with Crippen LogP contribution in [0.25, 0.3) is 0 Å². The first kappa shape index (κ1) is 13.7. The monoisotopic (exact) mass is 281 g/mol. The number of aromatic amines is 1. The van der Waals surface area contributed by atoms with Gasteiger partial charge in [0.2, 0.25) is 5.91 Å². The summed E-state index contributed by atoms with van der Waals surface area (Å²) >= 11 is 0. The van der Waals surface area contributed by atoms with Gasteiger partial charge in [-0.15, -0.1) is 0 Å². The molecule has 2 rings (SSSR count). The van der Waals surface area contributed by atoms with Gasteiger partial charge in [0.05, 0.1) is 5.69 Å². The van der Waals surface area contributed by atoms with Crippen LogP contribution in [-0.4, -0.2) is 15.5 Å². The van der Waals surface area contributed by atoms with Crippen LogP contribution in [0.4, 0.5) is 14.5 Å². The van der Waals surface area contributed by atoms with Gasteiger partial charge in [-0.25, -0.2) is 13.6 Å². The van der Waals surface area contributed by atoms with E-state index in [1.165, 1.54) is 0 Å². The molecule has 1 amide bonds. The van der Waals surface area contributed by atoms with Crippen LogP contribution in [0.15, 0.2) is 40.1 Å². The molecule has 0 saturated heterocycles. The summed E-state index contributed by atoms with van der Waals surface area (Å²) in [5.74, 6) is -2.24. The van der Waals surface area contributed by atoms with Crippen LogP contribution in [0.5, 0.6) is 0 Å². The van der Waals surface area contributed by atoms with Crippen molar-refractivity contribution in [2.24, 2.45) is 0 Å². The molecule has 0 atom stereocenters. The Morgan fingerprint density at radius 3 is 2.70 bits per heavy atom.